The molecule has 1 saturated heterocycles. The molecular weight excluding hydrogens is 636 g/mol. The van der Waals surface area contributed by atoms with Crippen molar-refractivity contribution in [2.24, 2.45) is 53.3 Å². The molecule has 7 atom stereocenters. The third kappa shape index (κ3) is 6.38. The average Bonchev–Trinajstić information content (AvgIpc) is 3.64. The van der Waals surface area contributed by atoms with Crippen molar-refractivity contribution in [3.8, 4) is 0 Å². The normalized spacial score (nSPS) is 45.8. The Morgan fingerprint density at radius 2 is 1.24 bits per heavy atom. The Morgan fingerprint density at radius 3 is 1.76 bits per heavy atom. The van der Waals surface area contributed by atoms with Crippen molar-refractivity contribution < 1.29 is 43.2 Å². The molecule has 10 saturated carbocycles. The summed E-state index contributed by atoms with van der Waals surface area (Å²) in [4.78, 5) is 46.5. The average molecular weight is 693 g/mol. The summed E-state index contributed by atoms with van der Waals surface area (Å²) in [5.41, 5.74) is 0.203. The molecule has 1 heterocycles. The van der Waals surface area contributed by atoms with Gasteiger partial charge < -0.3 is 24.1 Å². The van der Waals surface area contributed by atoms with E-state index in [-0.39, 0.29) is 53.5 Å². The van der Waals surface area contributed by atoms with Crippen molar-refractivity contribution in [3.05, 3.63) is 36.5 Å². The molecule has 1 N–H and O–H groups in total. The molecule has 50 heavy (non-hydrogen) atoms. The topological polar surface area (TPSA) is 125 Å². The van der Waals surface area contributed by atoms with Crippen molar-refractivity contribution in [1.82, 2.24) is 0 Å². The van der Waals surface area contributed by atoms with Gasteiger partial charge in [0, 0.05) is 35.0 Å². The molecule has 0 aromatic rings. The van der Waals surface area contributed by atoms with Crippen LogP contribution in [0.4, 0.5) is 0 Å². The Labute approximate surface area is 296 Å². The molecule has 11 rings (SSSR count). The first-order valence-electron chi connectivity index (χ1n) is 19.0. The lowest BCUT2D eigenvalue weighted by atomic mass is 9.50. The second kappa shape index (κ2) is 12.6. The van der Waals surface area contributed by atoms with Gasteiger partial charge in [0.15, 0.2) is 0 Å². The van der Waals surface area contributed by atoms with E-state index in [2.05, 4.69) is 26.7 Å². The fourth-order valence-corrected chi connectivity index (χ4v) is 12.4. The van der Waals surface area contributed by atoms with E-state index in [1.165, 1.54) is 38.5 Å². The van der Waals surface area contributed by atoms with Gasteiger partial charge in [0.25, 0.3) is 0 Å². The highest BCUT2D eigenvalue weighted by Gasteiger charge is 2.63. The second-order valence-corrected chi connectivity index (χ2v) is 18.2. The molecule has 0 radical (unpaired) electrons. The van der Waals surface area contributed by atoms with E-state index in [1.54, 1.807) is 20.8 Å². The zero-order valence-electron chi connectivity index (χ0n) is 30.4. The predicted molar refractivity (Wildman–Crippen MR) is 184 cm³/mol. The molecule has 11 fully saturated rings. The lowest BCUT2D eigenvalue weighted by Gasteiger charge is -2.59. The van der Waals surface area contributed by atoms with Gasteiger partial charge in [-0.25, -0.2) is 14.4 Å². The van der Waals surface area contributed by atoms with E-state index in [0.29, 0.717) is 52.7 Å². The lowest BCUT2D eigenvalue weighted by Crippen LogP contribution is -2.60. The van der Waals surface area contributed by atoms with Crippen molar-refractivity contribution in [2.45, 2.75) is 140 Å². The second-order valence-electron chi connectivity index (χ2n) is 18.2. The van der Waals surface area contributed by atoms with Crippen LogP contribution in [-0.4, -0.2) is 58.0 Å². The molecule has 9 nitrogen and oxygen atoms in total. The minimum Gasteiger partial charge on any atom is -0.458 e. The summed E-state index contributed by atoms with van der Waals surface area (Å²) in [7, 11) is 0. The molecular formula is C41H56O9. The van der Waals surface area contributed by atoms with Gasteiger partial charge in [0.1, 0.15) is 23.4 Å². The summed E-state index contributed by atoms with van der Waals surface area (Å²) in [5, 5.41) is 10.5. The van der Waals surface area contributed by atoms with Crippen molar-refractivity contribution in [2.75, 3.05) is 0 Å². The van der Waals surface area contributed by atoms with Crippen LogP contribution in [0.15, 0.2) is 36.5 Å². The summed E-state index contributed by atoms with van der Waals surface area (Å²) in [6.07, 6.45) is 13.3. The van der Waals surface area contributed by atoms with Crippen LogP contribution in [0.1, 0.15) is 111 Å². The van der Waals surface area contributed by atoms with Crippen LogP contribution in [0.3, 0.4) is 0 Å². The van der Waals surface area contributed by atoms with Gasteiger partial charge in [-0.3, -0.25) is 4.79 Å². The number of hydrogen-bond donors (Lipinski definition) is 1. The molecule has 1 aliphatic heterocycles. The van der Waals surface area contributed by atoms with Crippen molar-refractivity contribution >= 4 is 23.9 Å². The number of hydrogen-bond acceptors (Lipinski definition) is 9. The molecule has 0 amide bonds. The first kappa shape index (κ1) is 35.5. The fourth-order valence-electron chi connectivity index (χ4n) is 12.4. The Balaban J connectivity index is 0.000000118. The van der Waals surface area contributed by atoms with Crippen molar-refractivity contribution in [3.63, 3.8) is 0 Å². The number of esters is 4. The molecule has 274 valence electrons. The van der Waals surface area contributed by atoms with Crippen molar-refractivity contribution in [1.29, 1.82) is 0 Å². The molecule has 0 spiro atoms. The number of carbonyl (C=O) groups excluding carboxylic acids is 4. The standard InChI is InChI=1S/C15H22O2.C14H20O3.C12H14O4/c1-9(2)14(16)17-15(3)12-5-10-4-11(7-12)8-13(15)6-10;1-9(2)12(15)17-14-6-10-3-11(7-14)5-13(16,4-10)8-14;1-5(2)11(13)15-9-6-3-7-8(4-6)12(14)16-10(7)9/h10-13H,1,4-8H2,2-3H3;10-11,16H,1,3-8H2,2H3;6-10H,1,3-4H2,2H3. The van der Waals surface area contributed by atoms with Crippen LogP contribution < -0.4 is 0 Å². The smallest absolute Gasteiger partial charge is 0.333 e. The molecule has 7 unspecified atom stereocenters. The van der Waals surface area contributed by atoms with Crippen LogP contribution in [0.5, 0.6) is 0 Å². The molecule has 10 bridgehead atoms. The quantitative estimate of drug-likeness (QED) is 0.187. The van der Waals surface area contributed by atoms with Gasteiger partial charge in [-0.15, -0.1) is 0 Å². The summed E-state index contributed by atoms with van der Waals surface area (Å²) in [5.74, 6) is 3.77. The molecule has 0 aromatic heterocycles. The predicted octanol–water partition coefficient (Wildman–Crippen LogP) is 6.57. The number of fused-ring (bicyclic) bond motifs is 1. The Hall–Kier alpha value is -2.94. The van der Waals surface area contributed by atoms with Crippen LogP contribution >= 0.6 is 0 Å². The third-order valence-corrected chi connectivity index (χ3v) is 14.1. The summed E-state index contributed by atoms with van der Waals surface area (Å²) < 4.78 is 22.2. The van der Waals surface area contributed by atoms with Gasteiger partial charge in [-0.2, -0.15) is 0 Å². The summed E-state index contributed by atoms with van der Waals surface area (Å²) >= 11 is 0. The van der Waals surface area contributed by atoms with Crippen LogP contribution in [0.2, 0.25) is 0 Å². The molecule has 10 aliphatic carbocycles. The molecule has 0 aromatic carbocycles. The number of carbonyl (C=O) groups is 4. The highest BCUT2D eigenvalue weighted by atomic mass is 16.6. The van der Waals surface area contributed by atoms with Crippen LogP contribution in [0.25, 0.3) is 0 Å². The zero-order chi connectivity index (χ0) is 35.9. The molecule has 11 aliphatic rings. The Morgan fingerprint density at radius 1 is 0.720 bits per heavy atom. The molecule has 9 heteroatoms. The van der Waals surface area contributed by atoms with Crippen LogP contribution in [0, 0.1) is 53.3 Å². The fraction of sp³-hybridized carbons (Fsp3) is 0.756. The minimum atomic E-state index is -0.570. The van der Waals surface area contributed by atoms with E-state index < -0.39 is 11.2 Å². The third-order valence-electron chi connectivity index (χ3n) is 14.1. The van der Waals surface area contributed by atoms with E-state index in [0.717, 1.165) is 50.4 Å². The number of rotatable bonds is 6. The maximum Gasteiger partial charge on any atom is 0.333 e. The number of aliphatic hydroxyl groups is 1. The number of ether oxygens (including phenoxy) is 4. The van der Waals surface area contributed by atoms with Gasteiger partial charge >= 0.3 is 23.9 Å². The van der Waals surface area contributed by atoms with E-state index in [4.69, 9.17) is 18.9 Å². The minimum absolute atomic E-state index is 0.0646. The van der Waals surface area contributed by atoms with Crippen LogP contribution in [-0.2, 0) is 38.1 Å². The first-order valence-corrected chi connectivity index (χ1v) is 19.0. The van der Waals surface area contributed by atoms with Gasteiger partial charge in [0.05, 0.1) is 11.5 Å². The lowest BCUT2D eigenvalue weighted by molar-refractivity contribution is -0.217. The Bertz CT molecular complexity index is 1450. The Kier molecular flexibility index (Phi) is 8.96. The van der Waals surface area contributed by atoms with E-state index in [9.17, 15) is 24.3 Å². The SMILES string of the molecule is C=C(C)C(=O)OC1(C)C2CC3CC(C2)CC1C3.C=C(C)C(=O)OC12CC3CC(CC(O)(C3)C1)C2.C=C(C)C(=O)OC1C2CC3C(=O)OC1C3C2. The maximum absolute atomic E-state index is 11.8. The zero-order valence-corrected chi connectivity index (χ0v) is 30.4. The summed E-state index contributed by atoms with van der Waals surface area (Å²) in [6, 6.07) is 0. The van der Waals surface area contributed by atoms with Gasteiger partial charge in [-0.1, -0.05) is 19.7 Å². The van der Waals surface area contributed by atoms with Gasteiger partial charge in [-0.05, 0) is 140 Å². The first-order chi connectivity index (χ1) is 23.5. The van der Waals surface area contributed by atoms with E-state index in [1.807, 2.05) is 0 Å². The van der Waals surface area contributed by atoms with E-state index >= 15 is 0 Å². The maximum atomic E-state index is 11.8. The highest BCUT2D eigenvalue weighted by molar-refractivity contribution is 5.88. The largest absolute Gasteiger partial charge is 0.458 e. The monoisotopic (exact) mass is 692 g/mol. The summed E-state index contributed by atoms with van der Waals surface area (Å²) in [6.45, 7) is 18.1. The van der Waals surface area contributed by atoms with Gasteiger partial charge in [0.2, 0.25) is 0 Å². The highest BCUT2D eigenvalue weighted by Crippen LogP contribution is 2.61.